The van der Waals surface area contributed by atoms with E-state index in [1.54, 1.807) is 0 Å². The third-order valence-corrected chi connectivity index (χ3v) is 3.39. The number of nitrogens with zero attached hydrogens (tertiary/aromatic N) is 2. The van der Waals surface area contributed by atoms with Gasteiger partial charge in [-0.05, 0) is 26.3 Å². The second-order valence-corrected chi connectivity index (χ2v) is 4.37. The van der Waals surface area contributed by atoms with Crippen molar-refractivity contribution in [3.8, 4) is 0 Å². The average Bonchev–Trinajstić information content (AvgIpc) is 2.35. The molecule has 1 aliphatic heterocycles. The number of rotatable bonds is 5. The highest BCUT2D eigenvalue weighted by molar-refractivity contribution is 5.80. The molecular formula is C11H23N3O2. The molecule has 0 spiro atoms. The minimum Gasteiger partial charge on any atom is -0.409 e. The number of nitrogens with two attached hydrogens (primary N) is 1. The van der Waals surface area contributed by atoms with Gasteiger partial charge in [0, 0.05) is 31.7 Å². The SMILES string of the molecule is CCC(C/C(N)=N/O)N(C)C1CCOCC1. The fourth-order valence-corrected chi connectivity index (χ4v) is 2.25. The Bertz CT molecular complexity index is 227. The Morgan fingerprint density at radius 3 is 2.69 bits per heavy atom. The van der Waals surface area contributed by atoms with Gasteiger partial charge < -0.3 is 15.7 Å². The lowest BCUT2D eigenvalue weighted by atomic mass is 10.0. The third kappa shape index (κ3) is 3.64. The number of hydrogen-bond acceptors (Lipinski definition) is 4. The van der Waals surface area contributed by atoms with Gasteiger partial charge in [0.05, 0.1) is 0 Å². The first-order valence-corrected chi connectivity index (χ1v) is 5.95. The van der Waals surface area contributed by atoms with Gasteiger partial charge in [-0.15, -0.1) is 0 Å². The molecule has 0 radical (unpaired) electrons. The summed E-state index contributed by atoms with van der Waals surface area (Å²) in [5, 5.41) is 11.6. The molecule has 94 valence electrons. The van der Waals surface area contributed by atoms with Gasteiger partial charge in [0.2, 0.25) is 0 Å². The summed E-state index contributed by atoms with van der Waals surface area (Å²) in [6, 6.07) is 0.907. The normalized spacial score (nSPS) is 21.3. The maximum Gasteiger partial charge on any atom is 0.140 e. The van der Waals surface area contributed by atoms with E-state index in [2.05, 4.69) is 24.0 Å². The highest BCUT2D eigenvalue weighted by Gasteiger charge is 2.24. The first kappa shape index (κ1) is 13.3. The van der Waals surface area contributed by atoms with E-state index in [9.17, 15) is 0 Å². The fraction of sp³-hybridized carbons (Fsp3) is 0.909. The molecule has 1 aliphatic rings. The zero-order valence-corrected chi connectivity index (χ0v) is 10.2. The molecule has 0 saturated carbocycles. The Morgan fingerprint density at radius 1 is 1.56 bits per heavy atom. The highest BCUT2D eigenvalue weighted by atomic mass is 16.5. The van der Waals surface area contributed by atoms with E-state index in [1.165, 1.54) is 0 Å². The van der Waals surface area contributed by atoms with Crippen molar-refractivity contribution in [3.05, 3.63) is 0 Å². The Morgan fingerprint density at radius 2 is 2.19 bits per heavy atom. The van der Waals surface area contributed by atoms with Crippen molar-refractivity contribution in [2.45, 2.75) is 44.7 Å². The van der Waals surface area contributed by atoms with Crippen LogP contribution in [0.25, 0.3) is 0 Å². The summed E-state index contributed by atoms with van der Waals surface area (Å²) in [5.74, 6) is 0.311. The van der Waals surface area contributed by atoms with E-state index >= 15 is 0 Å². The lowest BCUT2D eigenvalue weighted by Gasteiger charge is -2.36. The van der Waals surface area contributed by atoms with Crippen LogP contribution in [0.15, 0.2) is 5.16 Å². The van der Waals surface area contributed by atoms with Crippen LogP contribution in [0.4, 0.5) is 0 Å². The molecule has 0 aromatic heterocycles. The quantitative estimate of drug-likeness (QED) is 0.319. The predicted octanol–water partition coefficient (Wildman–Crippen LogP) is 1.01. The first-order valence-electron chi connectivity index (χ1n) is 5.95. The lowest BCUT2D eigenvalue weighted by molar-refractivity contribution is 0.0287. The van der Waals surface area contributed by atoms with Gasteiger partial charge in [-0.25, -0.2) is 0 Å². The zero-order chi connectivity index (χ0) is 12.0. The minimum absolute atomic E-state index is 0.311. The molecule has 5 nitrogen and oxygen atoms in total. The van der Waals surface area contributed by atoms with E-state index in [4.69, 9.17) is 15.7 Å². The molecule has 0 aromatic carbocycles. The fourth-order valence-electron chi connectivity index (χ4n) is 2.25. The van der Waals surface area contributed by atoms with Gasteiger partial charge in [0.1, 0.15) is 5.84 Å². The Balaban J connectivity index is 2.50. The molecule has 1 rings (SSSR count). The molecular weight excluding hydrogens is 206 g/mol. The molecule has 0 aliphatic carbocycles. The number of oxime groups is 1. The first-order chi connectivity index (χ1) is 7.69. The minimum atomic E-state index is 0.311. The predicted molar refractivity (Wildman–Crippen MR) is 63.7 cm³/mol. The largest absolute Gasteiger partial charge is 0.409 e. The molecule has 0 amide bonds. The number of amidine groups is 1. The van der Waals surface area contributed by atoms with Crippen molar-refractivity contribution in [1.82, 2.24) is 4.90 Å². The van der Waals surface area contributed by atoms with Crippen LogP contribution in [-0.2, 0) is 4.74 Å². The van der Waals surface area contributed by atoms with Gasteiger partial charge in [-0.1, -0.05) is 12.1 Å². The maximum absolute atomic E-state index is 8.60. The van der Waals surface area contributed by atoms with E-state index in [1.807, 2.05) is 0 Å². The Kier molecular flexibility index (Phi) is 5.55. The third-order valence-electron chi connectivity index (χ3n) is 3.39. The molecule has 1 atom stereocenters. The van der Waals surface area contributed by atoms with Crippen LogP contribution in [0, 0.1) is 0 Å². The second-order valence-electron chi connectivity index (χ2n) is 4.37. The van der Waals surface area contributed by atoms with Crippen molar-refractivity contribution in [2.75, 3.05) is 20.3 Å². The monoisotopic (exact) mass is 229 g/mol. The van der Waals surface area contributed by atoms with Crippen LogP contribution in [0.5, 0.6) is 0 Å². The zero-order valence-electron chi connectivity index (χ0n) is 10.2. The summed E-state index contributed by atoms with van der Waals surface area (Å²) in [7, 11) is 2.12. The van der Waals surface area contributed by atoms with Crippen molar-refractivity contribution in [2.24, 2.45) is 10.9 Å². The molecule has 0 aromatic rings. The van der Waals surface area contributed by atoms with E-state index in [-0.39, 0.29) is 0 Å². The molecule has 1 heterocycles. The molecule has 1 saturated heterocycles. The van der Waals surface area contributed by atoms with Gasteiger partial charge in [0.15, 0.2) is 0 Å². The molecule has 0 bridgehead atoms. The van der Waals surface area contributed by atoms with E-state index in [0.717, 1.165) is 32.5 Å². The summed E-state index contributed by atoms with van der Waals surface area (Å²) in [5.41, 5.74) is 5.57. The van der Waals surface area contributed by atoms with Crippen LogP contribution < -0.4 is 5.73 Å². The van der Waals surface area contributed by atoms with E-state index in [0.29, 0.717) is 24.3 Å². The van der Waals surface area contributed by atoms with Crippen LogP contribution in [0.1, 0.15) is 32.6 Å². The molecule has 1 fully saturated rings. The molecule has 16 heavy (non-hydrogen) atoms. The standard InChI is InChI=1S/C11H23N3O2/c1-3-9(8-11(12)13-15)14(2)10-4-6-16-7-5-10/h9-10,15H,3-8H2,1-2H3,(H2,12,13). The summed E-state index contributed by atoms with van der Waals surface area (Å²) < 4.78 is 5.35. The molecule has 3 N–H and O–H groups in total. The van der Waals surface area contributed by atoms with Crippen molar-refractivity contribution < 1.29 is 9.94 Å². The second kappa shape index (κ2) is 6.70. The maximum atomic E-state index is 8.60. The van der Waals surface area contributed by atoms with Gasteiger partial charge in [-0.2, -0.15) is 0 Å². The summed E-state index contributed by atoms with van der Waals surface area (Å²) in [4.78, 5) is 2.35. The van der Waals surface area contributed by atoms with Crippen LogP contribution in [0.3, 0.4) is 0 Å². The summed E-state index contributed by atoms with van der Waals surface area (Å²) in [6.45, 7) is 3.81. The summed E-state index contributed by atoms with van der Waals surface area (Å²) in [6.07, 6.45) is 3.78. The van der Waals surface area contributed by atoms with Gasteiger partial charge >= 0.3 is 0 Å². The van der Waals surface area contributed by atoms with Gasteiger partial charge in [0.25, 0.3) is 0 Å². The topological polar surface area (TPSA) is 71.1 Å². The highest BCUT2D eigenvalue weighted by Crippen LogP contribution is 2.18. The van der Waals surface area contributed by atoms with Crippen molar-refractivity contribution >= 4 is 5.84 Å². The lowest BCUT2D eigenvalue weighted by Crippen LogP contribution is -2.44. The van der Waals surface area contributed by atoms with Gasteiger partial charge in [-0.3, -0.25) is 4.90 Å². The van der Waals surface area contributed by atoms with E-state index < -0.39 is 0 Å². The van der Waals surface area contributed by atoms with Crippen LogP contribution in [-0.4, -0.2) is 48.3 Å². The average molecular weight is 229 g/mol. The van der Waals surface area contributed by atoms with Crippen molar-refractivity contribution in [3.63, 3.8) is 0 Å². The van der Waals surface area contributed by atoms with Crippen LogP contribution in [0.2, 0.25) is 0 Å². The Labute approximate surface area is 97.2 Å². The summed E-state index contributed by atoms with van der Waals surface area (Å²) >= 11 is 0. The van der Waals surface area contributed by atoms with Crippen LogP contribution >= 0.6 is 0 Å². The van der Waals surface area contributed by atoms with Crippen molar-refractivity contribution in [1.29, 1.82) is 0 Å². The smallest absolute Gasteiger partial charge is 0.140 e. The number of ether oxygens (including phenoxy) is 1. The molecule has 1 unspecified atom stereocenters. The molecule has 5 heteroatoms. The Hall–Kier alpha value is -0.810. The number of hydrogen-bond donors (Lipinski definition) is 2.